The van der Waals surface area contributed by atoms with E-state index in [4.69, 9.17) is 0 Å². The maximum Gasteiger partial charge on any atom is 0.138 e. The first-order chi connectivity index (χ1) is 9.25. The van der Waals surface area contributed by atoms with Crippen LogP contribution in [-0.2, 0) is 0 Å². The molecule has 3 heterocycles. The third-order valence-corrected chi connectivity index (χ3v) is 4.45. The fourth-order valence-electron chi connectivity index (χ4n) is 2.17. The third kappa shape index (κ3) is 2.38. The molecule has 0 saturated heterocycles. The first-order valence-electron chi connectivity index (χ1n) is 6.42. The summed E-state index contributed by atoms with van der Waals surface area (Å²) in [6.07, 6.45) is 7.91. The summed E-state index contributed by atoms with van der Waals surface area (Å²) in [7, 11) is 0. The number of hydrogen-bond donors (Lipinski definition) is 1. The smallest absolute Gasteiger partial charge is 0.138 e. The van der Waals surface area contributed by atoms with E-state index in [-0.39, 0.29) is 0 Å². The highest BCUT2D eigenvalue weighted by Crippen LogP contribution is 2.32. The Kier molecular flexibility index (Phi) is 3.29. The van der Waals surface area contributed by atoms with Crippen LogP contribution in [0.5, 0.6) is 0 Å². The molecule has 3 rings (SSSR count). The van der Waals surface area contributed by atoms with Gasteiger partial charge in [-0.05, 0) is 32.3 Å². The third-order valence-electron chi connectivity index (χ3n) is 3.34. The number of aliphatic imine (C=N–C) groups is 1. The molecule has 0 aromatic carbocycles. The Morgan fingerprint density at radius 2 is 2.16 bits per heavy atom. The fourth-order valence-corrected chi connectivity index (χ4v) is 3.16. The maximum absolute atomic E-state index is 4.39. The van der Waals surface area contributed by atoms with Crippen molar-refractivity contribution in [3.05, 3.63) is 28.5 Å². The summed E-state index contributed by atoms with van der Waals surface area (Å²) in [5.41, 5.74) is 2.35. The lowest BCUT2D eigenvalue weighted by Gasteiger charge is -2.09. The van der Waals surface area contributed by atoms with Crippen molar-refractivity contribution in [1.82, 2.24) is 9.97 Å². The van der Waals surface area contributed by atoms with Gasteiger partial charge in [0.2, 0.25) is 0 Å². The molecule has 1 N–H and O–H groups in total. The number of fused-ring (bicyclic) bond motifs is 1. The molecule has 0 saturated carbocycles. The van der Waals surface area contributed by atoms with Crippen molar-refractivity contribution in [3.8, 4) is 0 Å². The van der Waals surface area contributed by atoms with Crippen LogP contribution >= 0.6 is 11.3 Å². The quantitative estimate of drug-likeness (QED) is 0.930. The lowest BCUT2D eigenvalue weighted by Crippen LogP contribution is -2.07. The summed E-state index contributed by atoms with van der Waals surface area (Å²) in [4.78, 5) is 15.4. The molecule has 0 spiro atoms. The van der Waals surface area contributed by atoms with Crippen molar-refractivity contribution in [1.29, 1.82) is 0 Å². The Morgan fingerprint density at radius 3 is 2.95 bits per heavy atom. The number of aromatic nitrogens is 2. The van der Waals surface area contributed by atoms with Crippen molar-refractivity contribution in [3.63, 3.8) is 0 Å². The molecule has 0 atom stereocenters. The number of nitrogens with zero attached hydrogens (tertiary/aromatic N) is 3. The van der Waals surface area contributed by atoms with Crippen LogP contribution in [0.3, 0.4) is 0 Å². The zero-order chi connectivity index (χ0) is 13.2. The monoisotopic (exact) mass is 272 g/mol. The van der Waals surface area contributed by atoms with Gasteiger partial charge in [-0.2, -0.15) is 0 Å². The van der Waals surface area contributed by atoms with Gasteiger partial charge >= 0.3 is 0 Å². The number of hydrogen-bond acceptors (Lipinski definition) is 5. The minimum Gasteiger partial charge on any atom is -0.364 e. The van der Waals surface area contributed by atoms with E-state index in [2.05, 4.69) is 40.2 Å². The summed E-state index contributed by atoms with van der Waals surface area (Å²) in [5.74, 6) is 0.911. The molecule has 0 radical (unpaired) electrons. The highest BCUT2D eigenvalue weighted by molar-refractivity contribution is 7.18. The highest BCUT2D eigenvalue weighted by atomic mass is 32.1. The van der Waals surface area contributed by atoms with Gasteiger partial charge in [0.15, 0.2) is 0 Å². The lowest BCUT2D eigenvalue weighted by atomic mass is 10.2. The van der Waals surface area contributed by atoms with E-state index < -0.39 is 0 Å². The molecule has 5 heteroatoms. The Hall–Kier alpha value is -1.75. The van der Waals surface area contributed by atoms with Crippen LogP contribution in [0.2, 0.25) is 0 Å². The molecule has 2 aromatic rings. The molecule has 19 heavy (non-hydrogen) atoms. The molecule has 0 bridgehead atoms. The highest BCUT2D eigenvalue weighted by Gasteiger charge is 2.11. The first-order valence-corrected chi connectivity index (χ1v) is 7.23. The summed E-state index contributed by atoms with van der Waals surface area (Å²) in [5, 5.41) is 4.53. The van der Waals surface area contributed by atoms with Gasteiger partial charge in [0.05, 0.1) is 17.6 Å². The van der Waals surface area contributed by atoms with Gasteiger partial charge in [0, 0.05) is 11.1 Å². The van der Waals surface area contributed by atoms with Gasteiger partial charge in [0.25, 0.3) is 0 Å². The Balaban J connectivity index is 1.88. The Morgan fingerprint density at radius 1 is 1.26 bits per heavy atom. The van der Waals surface area contributed by atoms with Gasteiger partial charge < -0.3 is 5.32 Å². The lowest BCUT2D eigenvalue weighted by molar-refractivity contribution is 1.01. The minimum absolute atomic E-state index is 0.719. The van der Waals surface area contributed by atoms with Crippen LogP contribution in [0.25, 0.3) is 10.2 Å². The number of nitrogens with one attached hydrogen (secondary N) is 1. The molecule has 1 aliphatic heterocycles. The van der Waals surface area contributed by atoms with Crippen molar-refractivity contribution in [2.75, 3.05) is 11.9 Å². The number of aryl methyl sites for hydroxylation is 2. The van der Waals surface area contributed by atoms with Gasteiger partial charge in [-0.25, -0.2) is 9.97 Å². The molecular formula is C14H16N4S. The summed E-state index contributed by atoms with van der Waals surface area (Å²) >= 11 is 1.72. The minimum atomic E-state index is 0.719. The van der Waals surface area contributed by atoms with Crippen LogP contribution in [0.1, 0.15) is 23.3 Å². The van der Waals surface area contributed by atoms with Crippen molar-refractivity contribution in [2.45, 2.75) is 26.7 Å². The average molecular weight is 272 g/mol. The van der Waals surface area contributed by atoms with Crippen LogP contribution in [0.15, 0.2) is 23.1 Å². The first kappa shape index (κ1) is 12.3. The number of thiophene rings is 1. The molecule has 1 aliphatic rings. The predicted molar refractivity (Wildman–Crippen MR) is 81.2 cm³/mol. The van der Waals surface area contributed by atoms with Crippen LogP contribution < -0.4 is 5.32 Å². The van der Waals surface area contributed by atoms with Crippen molar-refractivity contribution < 1.29 is 0 Å². The molecule has 0 amide bonds. The van der Waals surface area contributed by atoms with Gasteiger partial charge in [-0.3, -0.25) is 4.99 Å². The average Bonchev–Trinajstić information content (AvgIpc) is 2.74. The second-order valence-electron chi connectivity index (χ2n) is 4.62. The molecule has 0 fully saturated rings. The predicted octanol–water partition coefficient (Wildman–Crippen LogP) is 3.47. The van der Waals surface area contributed by atoms with Gasteiger partial charge in [0.1, 0.15) is 17.0 Å². The van der Waals surface area contributed by atoms with Crippen LogP contribution in [0, 0.1) is 13.8 Å². The molecule has 98 valence electrons. The van der Waals surface area contributed by atoms with E-state index in [0.29, 0.717) is 0 Å². The van der Waals surface area contributed by atoms with Gasteiger partial charge in [-0.15, -0.1) is 11.3 Å². The van der Waals surface area contributed by atoms with Crippen molar-refractivity contribution in [2.24, 2.45) is 4.99 Å². The number of allylic oxidation sites excluding steroid dienone is 1. The second-order valence-corrected chi connectivity index (χ2v) is 5.83. The molecule has 0 unspecified atom stereocenters. The second kappa shape index (κ2) is 5.09. The van der Waals surface area contributed by atoms with E-state index in [0.717, 1.165) is 41.1 Å². The van der Waals surface area contributed by atoms with Gasteiger partial charge in [-0.1, -0.05) is 6.08 Å². The summed E-state index contributed by atoms with van der Waals surface area (Å²) in [6, 6.07) is 0. The van der Waals surface area contributed by atoms with E-state index in [1.807, 2.05) is 6.21 Å². The molecule has 4 nitrogen and oxygen atoms in total. The molecule has 0 aliphatic carbocycles. The van der Waals surface area contributed by atoms with Crippen molar-refractivity contribution >= 4 is 33.6 Å². The normalized spacial score (nSPS) is 14.7. The van der Waals surface area contributed by atoms with E-state index >= 15 is 0 Å². The van der Waals surface area contributed by atoms with E-state index in [1.165, 1.54) is 10.4 Å². The largest absolute Gasteiger partial charge is 0.364 e. The van der Waals surface area contributed by atoms with E-state index in [1.54, 1.807) is 17.7 Å². The Bertz CT molecular complexity index is 669. The van der Waals surface area contributed by atoms with Crippen LogP contribution in [-0.4, -0.2) is 22.7 Å². The van der Waals surface area contributed by atoms with E-state index in [9.17, 15) is 0 Å². The zero-order valence-electron chi connectivity index (χ0n) is 11.1. The zero-order valence-corrected chi connectivity index (χ0v) is 11.9. The topological polar surface area (TPSA) is 50.2 Å². The molecular weight excluding hydrogens is 256 g/mol. The standard InChI is InChI=1S/C14H16N4S/c1-9-10(2)19-14-12(9)13(17-8-18-14)16-7-11-5-3-4-6-15-11/h5-6,8H,3-4,7H2,1-2H3,(H,16,17,18). The fraction of sp³-hybridized carbons (Fsp3) is 0.357. The maximum atomic E-state index is 4.39. The Labute approximate surface area is 116 Å². The SMILES string of the molecule is Cc1sc2ncnc(NCC3=CCCC=N3)c2c1C. The van der Waals surface area contributed by atoms with Crippen LogP contribution in [0.4, 0.5) is 5.82 Å². The summed E-state index contributed by atoms with van der Waals surface area (Å²) in [6.45, 7) is 4.97. The number of rotatable bonds is 3. The number of anilines is 1. The summed E-state index contributed by atoms with van der Waals surface area (Å²) < 4.78 is 0. The molecule has 2 aromatic heterocycles.